The number of hydrogen-bond acceptors (Lipinski definition) is 2. The molecule has 0 saturated carbocycles. The lowest BCUT2D eigenvalue weighted by Gasteiger charge is -2.18. The van der Waals surface area contributed by atoms with E-state index >= 15 is 0 Å². The highest BCUT2D eigenvalue weighted by Gasteiger charge is 2.21. The van der Waals surface area contributed by atoms with Crippen LogP contribution in [0.4, 0.5) is 0 Å². The summed E-state index contributed by atoms with van der Waals surface area (Å²) >= 11 is 4.30. The van der Waals surface area contributed by atoms with Crippen molar-refractivity contribution in [2.24, 2.45) is 0 Å². The fraction of sp³-hybridized carbons (Fsp3) is 0.583. The van der Waals surface area contributed by atoms with Gasteiger partial charge in [0.15, 0.2) is 0 Å². The quantitative estimate of drug-likeness (QED) is 0.480. The Morgan fingerprint density at radius 3 is 2.44 bits per heavy atom. The van der Waals surface area contributed by atoms with E-state index in [1.165, 1.54) is 24.9 Å². The van der Waals surface area contributed by atoms with Gasteiger partial charge in [-0.1, -0.05) is 51.2 Å². The molecule has 0 bridgehead atoms. The van der Waals surface area contributed by atoms with Crippen LogP contribution in [0, 0.1) is 0 Å². The van der Waals surface area contributed by atoms with Gasteiger partial charge in [0.2, 0.25) is 0 Å². The van der Waals surface area contributed by atoms with Crippen LogP contribution in [-0.2, 0) is 0 Å². The number of pyridine rings is 1. The summed E-state index contributed by atoms with van der Waals surface area (Å²) in [4.78, 5) is 10.5. The van der Waals surface area contributed by atoms with Crippen LogP contribution < -0.4 is 0 Å². The molecule has 0 unspecified atom stereocenters. The van der Waals surface area contributed by atoms with Crippen LogP contribution in [0.25, 0.3) is 0 Å². The predicted octanol–water partition coefficient (Wildman–Crippen LogP) is 3.95. The maximum atomic E-state index is 4.14. The fourth-order valence-electron chi connectivity index (χ4n) is 1.90. The number of nitrogens with zero attached hydrogens (tertiary/aromatic N) is 2. The Labute approximate surface area is 126 Å². The third-order valence-corrected chi connectivity index (χ3v) is 2.59. The maximum Gasteiger partial charge on any atom is 0.0360 e. The van der Waals surface area contributed by atoms with E-state index in [9.17, 15) is 0 Å². The topological polar surface area (TPSA) is 16.1 Å². The summed E-state index contributed by atoms with van der Waals surface area (Å²) in [6, 6.07) is 4.79. The summed E-state index contributed by atoms with van der Waals surface area (Å²) in [5.74, 6) is 0. The minimum Gasteiger partial charge on any atom is -0.299 e. The van der Waals surface area contributed by atoms with Crippen LogP contribution in [0.15, 0.2) is 24.5 Å². The molecule has 92 valence electrons. The van der Waals surface area contributed by atoms with E-state index in [0.717, 1.165) is 0 Å². The minimum absolute atomic E-state index is 0.610. The van der Waals surface area contributed by atoms with Crippen LogP contribution >= 0.6 is 45.2 Å². The first-order valence-electron chi connectivity index (χ1n) is 5.23. The summed E-state index contributed by atoms with van der Waals surface area (Å²) < 4.78 is 0. The van der Waals surface area contributed by atoms with Crippen LogP contribution in [0.1, 0.15) is 24.4 Å². The van der Waals surface area contributed by atoms with E-state index in [1.807, 2.05) is 28.3 Å². The molecule has 0 aromatic carbocycles. The normalized spacial score (nSPS) is 19.2. The third kappa shape index (κ3) is 5.27. The zero-order chi connectivity index (χ0) is 12.4. The van der Waals surface area contributed by atoms with Crippen molar-refractivity contribution < 1.29 is 0 Å². The van der Waals surface area contributed by atoms with Gasteiger partial charge in [0.05, 0.1) is 0 Å². The lowest BCUT2D eigenvalue weighted by molar-refractivity contribution is 0.317. The monoisotopic (exact) mass is 446 g/mol. The molecule has 0 N–H and O–H groups in total. The summed E-state index contributed by atoms with van der Waals surface area (Å²) in [6.45, 7) is 1.22. The number of rotatable bonds is 1. The van der Waals surface area contributed by atoms with Crippen molar-refractivity contribution in [2.45, 2.75) is 18.9 Å². The van der Waals surface area contributed by atoms with Gasteiger partial charge in [0.1, 0.15) is 0 Å². The first-order valence-corrected chi connectivity index (χ1v) is 9.55. The molecule has 2 rings (SSSR count). The van der Waals surface area contributed by atoms with E-state index in [4.69, 9.17) is 0 Å². The number of likely N-dealkylation sites (tertiary alicyclic amines) is 1. The molecule has 2 nitrogen and oxygen atoms in total. The Bertz CT molecular complexity index is 254. The van der Waals surface area contributed by atoms with Gasteiger partial charge in [0.25, 0.3) is 0 Å². The van der Waals surface area contributed by atoms with E-state index in [0.29, 0.717) is 6.04 Å². The second-order valence-electron chi connectivity index (χ2n) is 3.42. The van der Waals surface area contributed by atoms with Gasteiger partial charge < -0.3 is 0 Å². The summed E-state index contributed by atoms with van der Waals surface area (Å²) in [5.41, 5.74) is 1.36. The molecule has 1 aliphatic rings. The SMILES string of the molecule is CI.CI.CN1CCC[C@H]1c1cccnc1. The second kappa shape index (κ2) is 10.7. The van der Waals surface area contributed by atoms with Crippen molar-refractivity contribution in [1.29, 1.82) is 0 Å². The van der Waals surface area contributed by atoms with Crippen molar-refractivity contribution in [3.8, 4) is 0 Å². The summed E-state index contributed by atoms with van der Waals surface area (Å²) in [5, 5.41) is 0. The lowest BCUT2D eigenvalue weighted by atomic mass is 10.1. The Balaban J connectivity index is 0.000000509. The highest BCUT2D eigenvalue weighted by molar-refractivity contribution is 14.1. The minimum atomic E-state index is 0.610. The molecule has 1 atom stereocenters. The van der Waals surface area contributed by atoms with Crippen molar-refractivity contribution in [1.82, 2.24) is 9.88 Å². The van der Waals surface area contributed by atoms with Gasteiger partial charge in [-0.3, -0.25) is 9.88 Å². The molecule has 1 aromatic rings. The summed E-state index contributed by atoms with van der Waals surface area (Å²) in [6.07, 6.45) is 6.41. The highest BCUT2D eigenvalue weighted by atomic mass is 127. The maximum absolute atomic E-state index is 4.14. The second-order valence-corrected chi connectivity index (χ2v) is 3.42. The molecular weight excluding hydrogens is 426 g/mol. The van der Waals surface area contributed by atoms with Gasteiger partial charge in [0, 0.05) is 18.4 Å². The Morgan fingerprint density at radius 1 is 1.31 bits per heavy atom. The van der Waals surface area contributed by atoms with E-state index in [-0.39, 0.29) is 0 Å². The van der Waals surface area contributed by atoms with Gasteiger partial charge in [-0.25, -0.2) is 0 Å². The Hall–Kier alpha value is 0.570. The Morgan fingerprint density at radius 2 is 2.00 bits per heavy atom. The Kier molecular flexibility index (Phi) is 11.1. The predicted molar refractivity (Wildman–Crippen MR) is 88.7 cm³/mol. The number of alkyl halides is 2. The van der Waals surface area contributed by atoms with E-state index in [2.05, 4.69) is 68.2 Å². The van der Waals surface area contributed by atoms with Crippen molar-refractivity contribution in [3.05, 3.63) is 30.1 Å². The van der Waals surface area contributed by atoms with Crippen molar-refractivity contribution >= 4 is 45.2 Å². The van der Waals surface area contributed by atoms with Gasteiger partial charge >= 0.3 is 0 Å². The average molecular weight is 446 g/mol. The molecule has 1 saturated heterocycles. The molecule has 1 fully saturated rings. The lowest BCUT2D eigenvalue weighted by Crippen LogP contribution is -2.17. The fourth-order valence-corrected chi connectivity index (χ4v) is 1.90. The molecule has 0 aliphatic carbocycles. The standard InChI is InChI=1S/C10H14N2.2CH3I/c1-12-7-3-5-10(12)9-4-2-6-11-8-9;2*1-2/h2,4,6,8,10H,3,5,7H2,1H3;2*1H3/t10-;;/m0../s1. The molecule has 1 aliphatic heterocycles. The summed E-state index contributed by atoms with van der Waals surface area (Å²) in [7, 11) is 2.19. The van der Waals surface area contributed by atoms with Crippen molar-refractivity contribution in [2.75, 3.05) is 23.5 Å². The molecular formula is C12H20I2N2. The highest BCUT2D eigenvalue weighted by Crippen LogP contribution is 2.29. The number of hydrogen-bond donors (Lipinski definition) is 0. The third-order valence-electron chi connectivity index (χ3n) is 2.59. The molecule has 1 aromatic heterocycles. The number of aromatic nitrogens is 1. The van der Waals surface area contributed by atoms with Gasteiger partial charge in [-0.15, -0.1) is 0 Å². The largest absolute Gasteiger partial charge is 0.299 e. The average Bonchev–Trinajstić information content (AvgIpc) is 2.82. The first-order chi connectivity index (χ1) is 7.88. The zero-order valence-electron chi connectivity index (χ0n) is 10.2. The molecule has 0 radical (unpaired) electrons. The van der Waals surface area contributed by atoms with E-state index in [1.54, 1.807) is 0 Å². The van der Waals surface area contributed by atoms with Crippen LogP contribution in [-0.4, -0.2) is 33.3 Å². The van der Waals surface area contributed by atoms with Crippen LogP contribution in [0.2, 0.25) is 0 Å². The molecule has 0 amide bonds. The first kappa shape index (κ1) is 16.6. The number of halogens is 2. The smallest absolute Gasteiger partial charge is 0.0360 e. The molecule has 4 heteroatoms. The van der Waals surface area contributed by atoms with Crippen LogP contribution in [0.5, 0.6) is 0 Å². The zero-order valence-corrected chi connectivity index (χ0v) is 14.5. The van der Waals surface area contributed by atoms with E-state index < -0.39 is 0 Å². The van der Waals surface area contributed by atoms with Crippen LogP contribution in [0.3, 0.4) is 0 Å². The van der Waals surface area contributed by atoms with Gasteiger partial charge in [-0.05, 0) is 47.9 Å². The van der Waals surface area contributed by atoms with Gasteiger partial charge in [-0.2, -0.15) is 0 Å². The molecule has 2 heterocycles. The molecule has 0 spiro atoms. The molecule has 16 heavy (non-hydrogen) atoms. The van der Waals surface area contributed by atoms with Crippen molar-refractivity contribution in [3.63, 3.8) is 0 Å².